The van der Waals surface area contributed by atoms with Crippen LogP contribution in [0.15, 0.2) is 18.3 Å². The van der Waals surface area contributed by atoms with E-state index in [9.17, 15) is 9.59 Å². The number of amides is 2. The molecule has 0 radical (unpaired) electrons. The summed E-state index contributed by atoms with van der Waals surface area (Å²) in [7, 11) is 1.60. The van der Waals surface area contributed by atoms with Crippen LogP contribution in [0.4, 0.5) is 5.82 Å². The van der Waals surface area contributed by atoms with Crippen LogP contribution in [0.5, 0.6) is 0 Å². The molecule has 7 nitrogen and oxygen atoms in total. The van der Waals surface area contributed by atoms with Crippen molar-refractivity contribution >= 4 is 29.2 Å². The second-order valence-corrected chi connectivity index (χ2v) is 7.33. The first-order valence-corrected chi connectivity index (χ1v) is 9.39. The van der Waals surface area contributed by atoms with Crippen molar-refractivity contribution in [2.24, 2.45) is 5.92 Å². The van der Waals surface area contributed by atoms with Crippen molar-refractivity contribution in [3.05, 3.63) is 23.4 Å². The van der Waals surface area contributed by atoms with Gasteiger partial charge in [0, 0.05) is 26.4 Å². The Morgan fingerprint density at radius 2 is 2.15 bits per heavy atom. The predicted molar refractivity (Wildman–Crippen MR) is 99.0 cm³/mol. The number of carbonyl (C=O) groups excluding carboxylic acids is 2. The largest absolute Gasteiger partial charge is 0.368 e. The highest BCUT2D eigenvalue weighted by atomic mass is 35.5. The molecule has 2 saturated heterocycles. The van der Waals surface area contributed by atoms with Gasteiger partial charge >= 0.3 is 0 Å². The Morgan fingerprint density at radius 3 is 2.81 bits per heavy atom. The van der Waals surface area contributed by atoms with Crippen LogP contribution in [-0.2, 0) is 14.3 Å². The van der Waals surface area contributed by atoms with Crippen molar-refractivity contribution in [3.8, 4) is 0 Å². The van der Waals surface area contributed by atoms with Crippen LogP contribution < -0.4 is 10.6 Å². The lowest BCUT2D eigenvalue weighted by atomic mass is 9.88. The van der Waals surface area contributed by atoms with Gasteiger partial charge in [-0.05, 0) is 50.9 Å². The smallest absolute Gasteiger partial charge is 0.254 e. The van der Waals surface area contributed by atoms with Gasteiger partial charge in [-0.1, -0.05) is 11.6 Å². The molecule has 2 N–H and O–H groups in total. The second kappa shape index (κ2) is 8.33. The minimum Gasteiger partial charge on any atom is -0.368 e. The summed E-state index contributed by atoms with van der Waals surface area (Å²) in [6, 6.07) is 3.35. The van der Waals surface area contributed by atoms with E-state index >= 15 is 0 Å². The number of aromatic nitrogens is 1. The zero-order chi connectivity index (χ0) is 18.6. The van der Waals surface area contributed by atoms with Gasteiger partial charge in [-0.2, -0.15) is 0 Å². The molecular formula is C18H25ClN4O3. The molecule has 0 aliphatic carbocycles. The van der Waals surface area contributed by atoms with Crippen LogP contribution in [0, 0.1) is 5.92 Å². The number of ether oxygens (including phenoxy) is 1. The van der Waals surface area contributed by atoms with Gasteiger partial charge in [0.25, 0.3) is 5.91 Å². The quantitative estimate of drug-likeness (QED) is 0.830. The maximum absolute atomic E-state index is 13.1. The van der Waals surface area contributed by atoms with E-state index < -0.39 is 5.60 Å². The number of anilines is 1. The molecule has 2 aliphatic rings. The number of hydrogen-bond donors (Lipinski definition) is 2. The number of hydrogen-bond acceptors (Lipinski definition) is 5. The van der Waals surface area contributed by atoms with Gasteiger partial charge in [-0.15, -0.1) is 0 Å². The standard InChI is InChI=1S/C18H25ClN4O3/c1-26-18(6-8-20-9-7-18)17(25)23-10-2-3-13(12-23)16(24)22-15-5-4-14(19)11-21-15/h4-5,11,13,20H,2-3,6-10,12H2,1H3,(H,21,22,24). The van der Waals surface area contributed by atoms with Gasteiger partial charge in [-0.3, -0.25) is 9.59 Å². The Morgan fingerprint density at radius 1 is 1.38 bits per heavy atom. The van der Waals surface area contributed by atoms with E-state index in [1.165, 1.54) is 6.20 Å². The first-order chi connectivity index (χ1) is 12.5. The zero-order valence-electron chi connectivity index (χ0n) is 15.0. The summed E-state index contributed by atoms with van der Waals surface area (Å²) in [5.74, 6) is 0.105. The molecule has 26 heavy (non-hydrogen) atoms. The number of rotatable bonds is 4. The Bertz CT molecular complexity index is 646. The summed E-state index contributed by atoms with van der Waals surface area (Å²) in [6.45, 7) is 2.61. The van der Waals surface area contributed by atoms with Crippen LogP contribution in [-0.4, -0.2) is 60.6 Å². The number of piperidine rings is 2. The van der Waals surface area contributed by atoms with E-state index in [-0.39, 0.29) is 17.7 Å². The lowest BCUT2D eigenvalue weighted by Crippen LogP contribution is -2.57. The molecule has 1 aromatic rings. The molecule has 2 aliphatic heterocycles. The Hall–Kier alpha value is -1.70. The third-order valence-electron chi connectivity index (χ3n) is 5.25. The zero-order valence-corrected chi connectivity index (χ0v) is 15.7. The van der Waals surface area contributed by atoms with Crippen molar-refractivity contribution in [3.63, 3.8) is 0 Å². The van der Waals surface area contributed by atoms with E-state index in [4.69, 9.17) is 16.3 Å². The lowest BCUT2D eigenvalue weighted by Gasteiger charge is -2.41. The summed E-state index contributed by atoms with van der Waals surface area (Å²) in [5.41, 5.74) is -0.763. The average Bonchev–Trinajstić information content (AvgIpc) is 2.69. The summed E-state index contributed by atoms with van der Waals surface area (Å²) < 4.78 is 5.64. The second-order valence-electron chi connectivity index (χ2n) is 6.89. The van der Waals surface area contributed by atoms with E-state index in [1.54, 1.807) is 24.1 Å². The molecule has 3 rings (SSSR count). The number of nitrogens with zero attached hydrogens (tertiary/aromatic N) is 2. The normalized spacial score (nSPS) is 22.7. The molecule has 2 fully saturated rings. The molecule has 8 heteroatoms. The van der Waals surface area contributed by atoms with E-state index in [1.807, 2.05) is 0 Å². The Labute approximate surface area is 158 Å². The molecular weight excluding hydrogens is 356 g/mol. The van der Waals surface area contributed by atoms with Crippen molar-refractivity contribution in [1.29, 1.82) is 0 Å². The average molecular weight is 381 g/mol. The maximum atomic E-state index is 13.1. The third-order valence-corrected chi connectivity index (χ3v) is 5.47. The molecule has 3 heterocycles. The molecule has 1 atom stereocenters. The van der Waals surface area contributed by atoms with E-state index in [0.29, 0.717) is 36.8 Å². The minimum atomic E-state index is -0.763. The van der Waals surface area contributed by atoms with Gasteiger partial charge in [0.15, 0.2) is 0 Å². The summed E-state index contributed by atoms with van der Waals surface area (Å²) >= 11 is 5.82. The molecule has 0 spiro atoms. The topological polar surface area (TPSA) is 83.6 Å². The van der Waals surface area contributed by atoms with Crippen molar-refractivity contribution in [1.82, 2.24) is 15.2 Å². The van der Waals surface area contributed by atoms with Gasteiger partial charge < -0.3 is 20.3 Å². The van der Waals surface area contributed by atoms with Gasteiger partial charge in [-0.25, -0.2) is 4.98 Å². The van der Waals surface area contributed by atoms with Crippen molar-refractivity contribution < 1.29 is 14.3 Å². The molecule has 0 saturated carbocycles. The molecule has 1 unspecified atom stereocenters. The number of pyridine rings is 1. The van der Waals surface area contributed by atoms with Gasteiger partial charge in [0.05, 0.1) is 10.9 Å². The maximum Gasteiger partial charge on any atom is 0.254 e. The first kappa shape index (κ1) is 19.1. The molecule has 0 bridgehead atoms. The SMILES string of the molecule is COC1(C(=O)N2CCCC(C(=O)Nc3ccc(Cl)cn3)C2)CCNCC1. The monoisotopic (exact) mass is 380 g/mol. The fourth-order valence-electron chi connectivity index (χ4n) is 3.68. The lowest BCUT2D eigenvalue weighted by molar-refractivity contribution is -0.160. The number of likely N-dealkylation sites (tertiary alicyclic amines) is 1. The summed E-state index contributed by atoms with van der Waals surface area (Å²) in [6.07, 6.45) is 4.36. The summed E-state index contributed by atoms with van der Waals surface area (Å²) in [4.78, 5) is 31.6. The molecule has 0 aromatic carbocycles. The van der Waals surface area contributed by atoms with Gasteiger partial charge in [0.2, 0.25) is 5.91 Å². The summed E-state index contributed by atoms with van der Waals surface area (Å²) in [5, 5.41) is 6.59. The highest BCUT2D eigenvalue weighted by Crippen LogP contribution is 2.28. The van der Waals surface area contributed by atoms with Crippen LogP contribution >= 0.6 is 11.6 Å². The number of nitrogens with one attached hydrogen (secondary N) is 2. The van der Waals surface area contributed by atoms with Crippen LogP contribution in [0.1, 0.15) is 25.7 Å². The Kier molecular flexibility index (Phi) is 6.11. The Balaban J connectivity index is 1.63. The van der Waals surface area contributed by atoms with E-state index in [2.05, 4.69) is 15.6 Å². The predicted octanol–water partition coefficient (Wildman–Crippen LogP) is 1.68. The van der Waals surface area contributed by atoms with E-state index in [0.717, 1.165) is 25.9 Å². The highest BCUT2D eigenvalue weighted by Gasteiger charge is 2.43. The van der Waals surface area contributed by atoms with Crippen LogP contribution in [0.3, 0.4) is 0 Å². The van der Waals surface area contributed by atoms with Crippen molar-refractivity contribution in [2.75, 3.05) is 38.6 Å². The molecule has 1 aromatic heterocycles. The fraction of sp³-hybridized carbons (Fsp3) is 0.611. The van der Waals surface area contributed by atoms with Crippen LogP contribution in [0.25, 0.3) is 0 Å². The third kappa shape index (κ3) is 4.16. The molecule has 142 valence electrons. The van der Waals surface area contributed by atoms with Crippen molar-refractivity contribution in [2.45, 2.75) is 31.3 Å². The number of halogens is 1. The first-order valence-electron chi connectivity index (χ1n) is 9.02. The van der Waals surface area contributed by atoms with Crippen LogP contribution in [0.2, 0.25) is 5.02 Å². The number of methoxy groups -OCH3 is 1. The minimum absolute atomic E-state index is 0.00335. The van der Waals surface area contributed by atoms with Gasteiger partial charge in [0.1, 0.15) is 11.4 Å². The fourth-order valence-corrected chi connectivity index (χ4v) is 3.79. The number of carbonyl (C=O) groups is 2. The highest BCUT2D eigenvalue weighted by molar-refractivity contribution is 6.30. The molecule has 2 amide bonds.